The number of fused-ring (bicyclic) bond motifs is 2. The standard InChI is InChI=1S/C21H21N5O2/c27-20-15-5-1-2-6-16(15)21(28)26(20)14-11-24-9-12-25(13-10-24)19-17-7-3-4-8-18(17)22-23-19/h1-8H,9-14H2,(H,22,23). The number of carbonyl (C=O) groups excluding carboxylic acids is 2. The molecule has 2 aromatic carbocycles. The maximum Gasteiger partial charge on any atom is 0.261 e. The second-order valence-corrected chi connectivity index (χ2v) is 7.23. The molecular formula is C21H21N5O2. The number of carbonyl (C=O) groups is 2. The van der Waals surface area contributed by atoms with E-state index >= 15 is 0 Å². The summed E-state index contributed by atoms with van der Waals surface area (Å²) in [4.78, 5) is 30.9. The maximum absolute atomic E-state index is 12.5. The fourth-order valence-corrected chi connectivity index (χ4v) is 4.06. The van der Waals surface area contributed by atoms with E-state index in [1.807, 2.05) is 18.2 Å². The van der Waals surface area contributed by atoms with E-state index < -0.39 is 0 Å². The van der Waals surface area contributed by atoms with Crippen LogP contribution < -0.4 is 4.90 Å². The molecule has 142 valence electrons. The molecule has 2 aliphatic rings. The van der Waals surface area contributed by atoms with Crippen LogP contribution in [0.25, 0.3) is 10.9 Å². The average Bonchev–Trinajstić information content (AvgIpc) is 3.27. The van der Waals surface area contributed by atoms with E-state index in [9.17, 15) is 9.59 Å². The number of anilines is 1. The lowest BCUT2D eigenvalue weighted by Crippen LogP contribution is -2.49. The molecule has 7 nitrogen and oxygen atoms in total. The summed E-state index contributed by atoms with van der Waals surface area (Å²) in [5.74, 6) is 0.639. The van der Waals surface area contributed by atoms with E-state index in [1.165, 1.54) is 4.90 Å². The van der Waals surface area contributed by atoms with Gasteiger partial charge in [0, 0.05) is 44.7 Å². The summed E-state index contributed by atoms with van der Waals surface area (Å²) >= 11 is 0. The molecule has 0 radical (unpaired) electrons. The molecule has 5 rings (SSSR count). The number of H-pyrrole nitrogens is 1. The molecule has 28 heavy (non-hydrogen) atoms. The number of benzene rings is 2. The highest BCUT2D eigenvalue weighted by atomic mass is 16.2. The van der Waals surface area contributed by atoms with Crippen LogP contribution in [0.15, 0.2) is 48.5 Å². The fourth-order valence-electron chi connectivity index (χ4n) is 4.06. The van der Waals surface area contributed by atoms with Gasteiger partial charge in [-0.3, -0.25) is 24.5 Å². The zero-order valence-corrected chi connectivity index (χ0v) is 15.5. The van der Waals surface area contributed by atoms with Crippen molar-refractivity contribution >= 4 is 28.5 Å². The summed E-state index contributed by atoms with van der Waals surface area (Å²) in [5, 5.41) is 8.71. The molecule has 0 unspecified atom stereocenters. The van der Waals surface area contributed by atoms with Crippen LogP contribution in [-0.2, 0) is 0 Å². The number of piperazine rings is 1. The highest BCUT2D eigenvalue weighted by Crippen LogP contribution is 2.25. The number of amides is 2. The van der Waals surface area contributed by atoms with Gasteiger partial charge in [0.25, 0.3) is 11.8 Å². The third-order valence-electron chi connectivity index (χ3n) is 5.64. The first-order chi connectivity index (χ1) is 13.7. The first-order valence-electron chi connectivity index (χ1n) is 9.58. The Labute approximate surface area is 162 Å². The van der Waals surface area contributed by atoms with Crippen molar-refractivity contribution in [1.29, 1.82) is 0 Å². The molecule has 0 bridgehead atoms. The quantitative estimate of drug-likeness (QED) is 0.706. The number of hydrogen-bond acceptors (Lipinski definition) is 5. The number of rotatable bonds is 4. The first-order valence-corrected chi connectivity index (χ1v) is 9.58. The SMILES string of the molecule is O=C1c2ccccc2C(=O)N1CCN1CCN(c2n[nH]c3ccccc23)CC1. The lowest BCUT2D eigenvalue weighted by atomic mass is 10.1. The van der Waals surface area contributed by atoms with Crippen LogP contribution >= 0.6 is 0 Å². The highest BCUT2D eigenvalue weighted by molar-refractivity contribution is 6.21. The van der Waals surface area contributed by atoms with Gasteiger partial charge < -0.3 is 4.90 Å². The first kappa shape index (κ1) is 16.9. The Balaban J connectivity index is 1.20. The number of hydrogen-bond donors (Lipinski definition) is 1. The molecular weight excluding hydrogens is 354 g/mol. The van der Waals surface area contributed by atoms with E-state index in [1.54, 1.807) is 24.3 Å². The largest absolute Gasteiger partial charge is 0.352 e. The summed E-state index contributed by atoms with van der Waals surface area (Å²) in [7, 11) is 0. The summed E-state index contributed by atoms with van der Waals surface area (Å²) in [5.41, 5.74) is 2.08. The number of para-hydroxylation sites is 1. The molecule has 3 aromatic rings. The Morgan fingerprint density at radius 1 is 0.821 bits per heavy atom. The van der Waals surface area contributed by atoms with Gasteiger partial charge >= 0.3 is 0 Å². The summed E-state index contributed by atoms with van der Waals surface area (Å²) in [6.07, 6.45) is 0. The number of imide groups is 1. The minimum Gasteiger partial charge on any atom is -0.352 e. The van der Waals surface area contributed by atoms with Gasteiger partial charge in [0.15, 0.2) is 5.82 Å². The van der Waals surface area contributed by atoms with Crippen LogP contribution in [0, 0.1) is 0 Å². The van der Waals surface area contributed by atoms with Crippen LogP contribution in [0.5, 0.6) is 0 Å². The van der Waals surface area contributed by atoms with Crippen molar-refractivity contribution in [2.75, 3.05) is 44.2 Å². The van der Waals surface area contributed by atoms with Gasteiger partial charge in [-0.2, -0.15) is 5.10 Å². The molecule has 7 heteroatoms. The molecule has 0 atom stereocenters. The van der Waals surface area contributed by atoms with E-state index in [0.717, 1.165) is 42.9 Å². The molecule has 0 saturated carbocycles. The van der Waals surface area contributed by atoms with Gasteiger partial charge in [-0.15, -0.1) is 0 Å². The monoisotopic (exact) mass is 375 g/mol. The summed E-state index contributed by atoms with van der Waals surface area (Å²) in [6.45, 7) is 4.63. The molecule has 0 aliphatic carbocycles. The van der Waals surface area contributed by atoms with Crippen molar-refractivity contribution < 1.29 is 9.59 Å². The van der Waals surface area contributed by atoms with Gasteiger partial charge in [0.2, 0.25) is 0 Å². The Hall–Kier alpha value is -3.19. The molecule has 1 saturated heterocycles. The molecule has 1 N–H and O–H groups in total. The third kappa shape index (κ3) is 2.75. The zero-order valence-electron chi connectivity index (χ0n) is 15.5. The van der Waals surface area contributed by atoms with Crippen molar-refractivity contribution in [1.82, 2.24) is 20.0 Å². The lowest BCUT2D eigenvalue weighted by Gasteiger charge is -2.35. The normalized spacial score (nSPS) is 17.6. The van der Waals surface area contributed by atoms with E-state index in [0.29, 0.717) is 24.2 Å². The minimum absolute atomic E-state index is 0.178. The van der Waals surface area contributed by atoms with Gasteiger partial charge in [-0.25, -0.2) is 0 Å². The fraction of sp³-hybridized carbons (Fsp3) is 0.286. The van der Waals surface area contributed by atoms with Crippen molar-refractivity contribution in [3.8, 4) is 0 Å². The second kappa shape index (κ2) is 6.76. The summed E-state index contributed by atoms with van der Waals surface area (Å²) < 4.78 is 0. The number of aromatic amines is 1. The van der Waals surface area contributed by atoms with Gasteiger partial charge in [0.1, 0.15) is 0 Å². The average molecular weight is 375 g/mol. The maximum atomic E-state index is 12.5. The van der Waals surface area contributed by atoms with Gasteiger partial charge in [-0.05, 0) is 24.3 Å². The van der Waals surface area contributed by atoms with Crippen molar-refractivity contribution in [3.63, 3.8) is 0 Å². The molecule has 1 aromatic heterocycles. The summed E-state index contributed by atoms with van der Waals surface area (Å²) in [6, 6.07) is 15.2. The van der Waals surface area contributed by atoms with Crippen molar-refractivity contribution in [2.24, 2.45) is 0 Å². The number of nitrogens with one attached hydrogen (secondary N) is 1. The third-order valence-corrected chi connectivity index (χ3v) is 5.64. The van der Waals surface area contributed by atoms with E-state index in [2.05, 4.69) is 26.1 Å². The minimum atomic E-state index is -0.178. The van der Waals surface area contributed by atoms with Crippen molar-refractivity contribution in [3.05, 3.63) is 59.7 Å². The predicted molar refractivity (Wildman–Crippen MR) is 107 cm³/mol. The Morgan fingerprint density at radius 3 is 2.18 bits per heavy atom. The smallest absolute Gasteiger partial charge is 0.261 e. The van der Waals surface area contributed by atoms with Crippen LogP contribution in [-0.4, -0.2) is 71.1 Å². The van der Waals surface area contributed by atoms with E-state index in [4.69, 9.17) is 0 Å². The van der Waals surface area contributed by atoms with Crippen LogP contribution in [0.1, 0.15) is 20.7 Å². The van der Waals surface area contributed by atoms with Crippen LogP contribution in [0.4, 0.5) is 5.82 Å². The second-order valence-electron chi connectivity index (χ2n) is 7.23. The predicted octanol–water partition coefficient (Wildman–Crippen LogP) is 1.98. The van der Waals surface area contributed by atoms with Crippen LogP contribution in [0.3, 0.4) is 0 Å². The highest BCUT2D eigenvalue weighted by Gasteiger charge is 2.35. The van der Waals surface area contributed by atoms with Gasteiger partial charge in [-0.1, -0.05) is 24.3 Å². The van der Waals surface area contributed by atoms with E-state index in [-0.39, 0.29) is 11.8 Å². The number of aromatic nitrogens is 2. The topological polar surface area (TPSA) is 72.5 Å². The molecule has 2 aliphatic heterocycles. The Kier molecular flexibility index (Phi) is 4.09. The Bertz CT molecular complexity index is 1020. The van der Waals surface area contributed by atoms with Gasteiger partial charge in [0.05, 0.1) is 16.6 Å². The van der Waals surface area contributed by atoms with Crippen LogP contribution in [0.2, 0.25) is 0 Å². The lowest BCUT2D eigenvalue weighted by molar-refractivity contribution is 0.0635. The molecule has 2 amide bonds. The molecule has 1 fully saturated rings. The Morgan fingerprint density at radius 2 is 1.46 bits per heavy atom. The zero-order chi connectivity index (χ0) is 19.1. The van der Waals surface area contributed by atoms with Crippen molar-refractivity contribution in [2.45, 2.75) is 0 Å². The molecule has 3 heterocycles. The molecule has 0 spiro atoms. The number of nitrogens with zero attached hydrogens (tertiary/aromatic N) is 4.